The lowest BCUT2D eigenvalue weighted by molar-refractivity contribution is -0.124. The number of aryl methyl sites for hydroxylation is 1. The van der Waals surface area contributed by atoms with Crippen molar-refractivity contribution in [1.82, 2.24) is 5.32 Å². The molecule has 0 saturated carbocycles. The number of hydrogen-bond donors (Lipinski definition) is 1. The van der Waals surface area contributed by atoms with E-state index < -0.39 is 26.0 Å². The minimum atomic E-state index is -4.13. The van der Waals surface area contributed by atoms with Crippen LogP contribution in [0.2, 0.25) is 0 Å². The molecule has 2 rings (SSSR count). The predicted octanol–water partition coefficient (Wildman–Crippen LogP) is 5.03. The lowest BCUT2D eigenvalue weighted by Gasteiger charge is -2.12. The molecule has 0 radical (unpaired) electrons. The Morgan fingerprint density at radius 1 is 0.925 bits per heavy atom. The number of nitrogens with one attached hydrogen (secondary N) is 1. The Labute approximate surface area is 232 Å². The van der Waals surface area contributed by atoms with Gasteiger partial charge in [-0.1, -0.05) is 42.5 Å². The molecule has 0 bridgehead atoms. The molecule has 0 aliphatic carbocycles. The van der Waals surface area contributed by atoms with Gasteiger partial charge in [-0.3, -0.25) is 9.59 Å². The number of amides is 1. The summed E-state index contributed by atoms with van der Waals surface area (Å²) in [7, 11) is -8.23. The van der Waals surface area contributed by atoms with Crippen molar-refractivity contribution < 1.29 is 26.4 Å². The van der Waals surface area contributed by atoms with Crippen molar-refractivity contribution in [2.75, 3.05) is 0 Å². The van der Waals surface area contributed by atoms with Gasteiger partial charge in [0.15, 0.2) is 0 Å². The number of carbonyl (C=O) groups is 2. The summed E-state index contributed by atoms with van der Waals surface area (Å²) < 4.78 is 53.0. The van der Waals surface area contributed by atoms with Crippen LogP contribution in [0.15, 0.2) is 92.2 Å². The van der Waals surface area contributed by atoms with E-state index in [9.17, 15) is 26.4 Å². The van der Waals surface area contributed by atoms with Gasteiger partial charge in [0.2, 0.25) is 5.91 Å². The lowest BCUT2D eigenvalue weighted by atomic mass is 10.0. The Kier molecular flexibility index (Phi) is 12.1. The van der Waals surface area contributed by atoms with E-state index in [2.05, 4.69) is 30.8 Å². The van der Waals surface area contributed by atoms with Crippen molar-refractivity contribution in [2.24, 2.45) is 15.0 Å². The number of benzene rings is 2. The number of azide groups is 2. The van der Waals surface area contributed by atoms with E-state index >= 15 is 0 Å². The lowest BCUT2D eigenvalue weighted by Crippen LogP contribution is -2.29. The maximum absolute atomic E-state index is 12.5. The van der Waals surface area contributed by atoms with Crippen molar-refractivity contribution in [3.8, 4) is 0 Å². The average molecular weight is 586 g/mol. The van der Waals surface area contributed by atoms with Crippen LogP contribution in [0, 0.1) is 5.92 Å². The van der Waals surface area contributed by atoms with E-state index in [1.807, 2.05) is 0 Å². The molecule has 1 atom stereocenters. The molecule has 210 valence electrons. The zero-order chi connectivity index (χ0) is 29.6. The summed E-state index contributed by atoms with van der Waals surface area (Å²) in [6, 6.07) is 11.6. The van der Waals surface area contributed by atoms with Crippen molar-refractivity contribution >= 4 is 31.7 Å². The van der Waals surface area contributed by atoms with Gasteiger partial charge in [-0.25, -0.2) is 16.8 Å². The van der Waals surface area contributed by atoms with Gasteiger partial charge in [0.25, 0.3) is 20.0 Å². The van der Waals surface area contributed by atoms with Gasteiger partial charge >= 0.3 is 0 Å². The topological polar surface area (TPSA) is 212 Å². The van der Waals surface area contributed by atoms with Crippen LogP contribution in [0.1, 0.15) is 36.8 Å². The van der Waals surface area contributed by atoms with Crippen LogP contribution in [-0.2, 0) is 42.6 Å². The molecule has 2 aromatic rings. The smallest absolute Gasteiger partial charge is 0.264 e. The van der Waals surface area contributed by atoms with Gasteiger partial charge in [0, 0.05) is 38.2 Å². The second-order valence-electron chi connectivity index (χ2n) is 8.44. The first-order chi connectivity index (χ1) is 19.0. The molecule has 40 heavy (non-hydrogen) atoms. The molecule has 0 aliphatic rings. The highest BCUT2D eigenvalue weighted by atomic mass is 32.2. The molecule has 0 spiro atoms. The number of hydrogen-bond acceptors (Lipinski definition) is 6. The molecule has 13 nitrogen and oxygen atoms in total. The molecule has 1 unspecified atom stereocenters. The molecule has 1 amide bonds. The second-order valence-corrected chi connectivity index (χ2v) is 11.6. The van der Waals surface area contributed by atoms with Crippen molar-refractivity contribution in [3.63, 3.8) is 0 Å². The molecule has 15 heteroatoms. The number of sulfonamides is 2. The SMILES string of the molecule is C=CC(CC/C=C/CC(=O)CCc1cccc(S(=O)(=O)N=[N+]=[N-])c1)C(=O)NCc1cccc(S(=O)(=O)N=[N+]=[N-])c1. The summed E-state index contributed by atoms with van der Waals surface area (Å²) in [5, 5.41) is 2.72. The number of allylic oxidation sites excluding steroid dienone is 2. The monoisotopic (exact) mass is 585 g/mol. The quantitative estimate of drug-likeness (QED) is 0.123. The van der Waals surface area contributed by atoms with E-state index in [0.717, 1.165) is 0 Å². The second kappa shape index (κ2) is 15.2. The Balaban J connectivity index is 1.79. The van der Waals surface area contributed by atoms with Crippen molar-refractivity contribution in [1.29, 1.82) is 0 Å². The van der Waals surface area contributed by atoms with Crippen LogP contribution in [0.3, 0.4) is 0 Å². The summed E-state index contributed by atoms with van der Waals surface area (Å²) in [4.78, 5) is 29.1. The maximum Gasteiger partial charge on any atom is 0.264 e. The molecular formula is C25H27N7O6S2. The van der Waals surface area contributed by atoms with Crippen LogP contribution >= 0.6 is 0 Å². The number of Topliss-reactive ketones (excluding diaryl/α,β-unsaturated/α-hetero) is 1. The Morgan fingerprint density at radius 3 is 2.08 bits per heavy atom. The first kappa shape index (κ1) is 31.8. The summed E-state index contributed by atoms with van der Waals surface area (Å²) in [6.45, 7) is 3.75. The number of nitrogens with zero attached hydrogens (tertiary/aromatic N) is 6. The maximum atomic E-state index is 12.5. The van der Waals surface area contributed by atoms with Gasteiger partial charge in [0.05, 0.1) is 15.7 Å². The Morgan fingerprint density at radius 2 is 1.50 bits per heavy atom. The first-order valence-electron chi connectivity index (χ1n) is 11.9. The number of rotatable bonds is 16. The van der Waals surface area contributed by atoms with E-state index in [0.29, 0.717) is 30.4 Å². The van der Waals surface area contributed by atoms with E-state index in [1.54, 1.807) is 24.3 Å². The Hall–Kier alpha value is -4.42. The summed E-state index contributed by atoms with van der Waals surface area (Å²) in [5.41, 5.74) is 17.9. The molecule has 0 fully saturated rings. The molecule has 0 aromatic heterocycles. The standard InChI is InChI=1S/C25H27N7O6S2/c1-2-21(25(34)28-18-20-9-7-13-24(17-20)40(37,38)32-30-27)10-4-3-5-11-22(33)15-14-19-8-6-12-23(16-19)39(35,36)31-29-26/h2-3,5-9,12-13,16-17,21H,1,4,10-11,14-15,18H2,(H,28,34)/b5-3+. The molecule has 0 heterocycles. The normalized spacial score (nSPS) is 12.1. The third-order valence-electron chi connectivity index (χ3n) is 5.62. The van der Waals surface area contributed by atoms with E-state index in [4.69, 9.17) is 11.1 Å². The highest BCUT2D eigenvalue weighted by Gasteiger charge is 2.16. The van der Waals surface area contributed by atoms with Gasteiger partial charge in [0.1, 0.15) is 5.78 Å². The first-order valence-corrected chi connectivity index (χ1v) is 14.8. The zero-order valence-electron chi connectivity index (χ0n) is 21.3. The summed E-state index contributed by atoms with van der Waals surface area (Å²) in [6.07, 6.45) is 6.65. The third kappa shape index (κ3) is 10.0. The number of carbonyl (C=O) groups excluding carboxylic acids is 2. The average Bonchev–Trinajstić information content (AvgIpc) is 2.93. The fourth-order valence-electron chi connectivity index (χ4n) is 3.54. The van der Waals surface area contributed by atoms with Crippen LogP contribution in [0.4, 0.5) is 0 Å². The molecule has 0 saturated heterocycles. The minimum absolute atomic E-state index is 0.0534. The van der Waals surface area contributed by atoms with Crippen molar-refractivity contribution in [3.05, 3.63) is 105 Å². The highest BCUT2D eigenvalue weighted by Crippen LogP contribution is 2.17. The van der Waals surface area contributed by atoms with E-state index in [1.165, 1.54) is 42.5 Å². The minimum Gasteiger partial charge on any atom is -0.352 e. The molecular weight excluding hydrogens is 558 g/mol. The van der Waals surface area contributed by atoms with Crippen LogP contribution in [0.25, 0.3) is 20.9 Å². The fraction of sp³-hybridized carbons (Fsp3) is 0.280. The van der Waals surface area contributed by atoms with Crippen LogP contribution < -0.4 is 5.32 Å². The molecule has 2 aromatic carbocycles. The predicted molar refractivity (Wildman–Crippen MR) is 147 cm³/mol. The number of ketones is 1. The van der Waals surface area contributed by atoms with Crippen LogP contribution in [-0.4, -0.2) is 28.5 Å². The third-order valence-corrected chi connectivity index (χ3v) is 7.89. The largest absolute Gasteiger partial charge is 0.352 e. The zero-order valence-corrected chi connectivity index (χ0v) is 23.0. The van der Waals surface area contributed by atoms with Gasteiger partial charge in [-0.2, -0.15) is 0 Å². The highest BCUT2D eigenvalue weighted by molar-refractivity contribution is 7.90. The van der Waals surface area contributed by atoms with Gasteiger partial charge in [-0.15, -0.1) is 6.58 Å². The van der Waals surface area contributed by atoms with Crippen molar-refractivity contribution in [2.45, 2.75) is 48.4 Å². The fourth-order valence-corrected chi connectivity index (χ4v) is 5.02. The van der Waals surface area contributed by atoms with Gasteiger partial charge < -0.3 is 5.32 Å². The van der Waals surface area contributed by atoms with Crippen LogP contribution in [0.5, 0.6) is 0 Å². The van der Waals surface area contributed by atoms with E-state index in [-0.39, 0.29) is 40.9 Å². The summed E-state index contributed by atoms with van der Waals surface area (Å²) in [5.74, 6) is -0.862. The Bertz CT molecular complexity index is 1590. The van der Waals surface area contributed by atoms with Gasteiger partial charge in [-0.05, 0) is 65.7 Å². The summed E-state index contributed by atoms with van der Waals surface area (Å²) >= 11 is 0. The molecule has 1 N–H and O–H groups in total. The molecule has 0 aliphatic heterocycles.